The van der Waals surface area contributed by atoms with Crippen molar-refractivity contribution in [1.82, 2.24) is 0 Å². The summed E-state index contributed by atoms with van der Waals surface area (Å²) in [5, 5.41) is 2.81. The number of anilines is 1. The fourth-order valence-corrected chi connectivity index (χ4v) is 2.54. The molecule has 0 atom stereocenters. The van der Waals surface area contributed by atoms with Crippen LogP contribution in [0.15, 0.2) is 42.5 Å². The summed E-state index contributed by atoms with van der Waals surface area (Å²) >= 11 is 0. The van der Waals surface area contributed by atoms with Gasteiger partial charge in [-0.2, -0.15) is 0 Å². The minimum atomic E-state index is -0.241. The molecule has 26 heavy (non-hydrogen) atoms. The molecule has 0 bridgehead atoms. The van der Waals surface area contributed by atoms with Crippen LogP contribution in [-0.2, 0) is 4.79 Å². The SMILES string of the molecule is CCOc1ccc(/C=C/C(=O)Nc2ccc3c(c2)OCCO3)cc1OC. The van der Waals surface area contributed by atoms with Crippen LogP contribution in [-0.4, -0.2) is 32.8 Å². The van der Waals surface area contributed by atoms with Gasteiger partial charge in [-0.3, -0.25) is 4.79 Å². The van der Waals surface area contributed by atoms with Crippen LogP contribution in [0.1, 0.15) is 12.5 Å². The average molecular weight is 355 g/mol. The Kier molecular flexibility index (Phi) is 5.63. The lowest BCUT2D eigenvalue weighted by Gasteiger charge is -2.18. The molecule has 0 fully saturated rings. The van der Waals surface area contributed by atoms with Crippen molar-refractivity contribution in [2.45, 2.75) is 6.92 Å². The van der Waals surface area contributed by atoms with Crippen molar-refractivity contribution in [1.29, 1.82) is 0 Å². The van der Waals surface area contributed by atoms with E-state index in [4.69, 9.17) is 18.9 Å². The first kappa shape index (κ1) is 17.7. The number of rotatable bonds is 6. The van der Waals surface area contributed by atoms with Crippen molar-refractivity contribution in [3.8, 4) is 23.0 Å². The molecule has 1 heterocycles. The molecule has 1 amide bonds. The number of benzene rings is 2. The van der Waals surface area contributed by atoms with Gasteiger partial charge < -0.3 is 24.3 Å². The predicted molar refractivity (Wildman–Crippen MR) is 99.3 cm³/mol. The summed E-state index contributed by atoms with van der Waals surface area (Å²) in [5.41, 5.74) is 1.48. The van der Waals surface area contributed by atoms with Crippen LogP contribution in [0.4, 0.5) is 5.69 Å². The van der Waals surface area contributed by atoms with Crippen molar-refractivity contribution < 1.29 is 23.7 Å². The van der Waals surface area contributed by atoms with Crippen molar-refractivity contribution in [2.24, 2.45) is 0 Å². The van der Waals surface area contributed by atoms with Gasteiger partial charge in [0.15, 0.2) is 23.0 Å². The Morgan fingerprint density at radius 1 is 1.12 bits per heavy atom. The molecule has 1 N–H and O–H groups in total. The lowest BCUT2D eigenvalue weighted by molar-refractivity contribution is -0.111. The van der Waals surface area contributed by atoms with Gasteiger partial charge in [-0.1, -0.05) is 6.07 Å². The van der Waals surface area contributed by atoms with Crippen LogP contribution in [0.3, 0.4) is 0 Å². The van der Waals surface area contributed by atoms with E-state index in [0.29, 0.717) is 48.5 Å². The zero-order valence-electron chi connectivity index (χ0n) is 14.8. The molecule has 0 saturated carbocycles. The molecule has 0 spiro atoms. The minimum Gasteiger partial charge on any atom is -0.493 e. The number of hydrogen-bond donors (Lipinski definition) is 1. The molecule has 0 saturated heterocycles. The number of ether oxygens (including phenoxy) is 4. The molecule has 0 radical (unpaired) electrons. The lowest BCUT2D eigenvalue weighted by atomic mass is 10.2. The normalized spacial score (nSPS) is 12.7. The van der Waals surface area contributed by atoms with Crippen molar-refractivity contribution in [3.05, 3.63) is 48.0 Å². The van der Waals surface area contributed by atoms with Crippen molar-refractivity contribution in [3.63, 3.8) is 0 Å². The zero-order valence-corrected chi connectivity index (χ0v) is 14.8. The highest BCUT2D eigenvalue weighted by atomic mass is 16.6. The van der Waals surface area contributed by atoms with Gasteiger partial charge in [-0.25, -0.2) is 0 Å². The Morgan fingerprint density at radius 3 is 2.69 bits per heavy atom. The Balaban J connectivity index is 1.66. The maximum Gasteiger partial charge on any atom is 0.248 e. The molecule has 1 aliphatic heterocycles. The molecule has 0 aliphatic carbocycles. The zero-order chi connectivity index (χ0) is 18.4. The first-order valence-electron chi connectivity index (χ1n) is 8.39. The van der Waals surface area contributed by atoms with E-state index in [2.05, 4.69) is 5.32 Å². The van der Waals surface area contributed by atoms with E-state index in [1.807, 2.05) is 25.1 Å². The molecule has 2 aromatic carbocycles. The van der Waals surface area contributed by atoms with E-state index in [1.165, 1.54) is 6.08 Å². The second-order valence-electron chi connectivity index (χ2n) is 5.52. The van der Waals surface area contributed by atoms with Gasteiger partial charge in [0, 0.05) is 17.8 Å². The summed E-state index contributed by atoms with van der Waals surface area (Å²) in [6.07, 6.45) is 3.18. The van der Waals surface area contributed by atoms with Gasteiger partial charge in [0.25, 0.3) is 0 Å². The predicted octanol–water partition coefficient (Wildman–Crippen LogP) is 3.52. The summed E-state index contributed by atoms with van der Waals surface area (Å²) in [7, 11) is 1.58. The summed E-state index contributed by atoms with van der Waals surface area (Å²) < 4.78 is 21.8. The summed E-state index contributed by atoms with van der Waals surface area (Å²) in [4.78, 5) is 12.2. The third kappa shape index (κ3) is 4.27. The molecular weight excluding hydrogens is 334 g/mol. The molecule has 0 aromatic heterocycles. The van der Waals surface area contributed by atoms with Gasteiger partial charge in [0.1, 0.15) is 13.2 Å². The molecule has 3 rings (SSSR count). The number of carbonyl (C=O) groups excluding carboxylic acids is 1. The minimum absolute atomic E-state index is 0.241. The van der Waals surface area contributed by atoms with E-state index in [0.717, 1.165) is 5.56 Å². The number of methoxy groups -OCH3 is 1. The fourth-order valence-electron chi connectivity index (χ4n) is 2.54. The fraction of sp³-hybridized carbons (Fsp3) is 0.250. The summed E-state index contributed by atoms with van der Waals surface area (Å²) in [6, 6.07) is 10.8. The Morgan fingerprint density at radius 2 is 1.92 bits per heavy atom. The van der Waals surface area contributed by atoms with E-state index in [-0.39, 0.29) is 5.91 Å². The molecular formula is C20H21NO5. The molecule has 0 unspecified atom stereocenters. The first-order chi connectivity index (χ1) is 12.7. The Bertz CT molecular complexity index is 816. The van der Waals surface area contributed by atoms with Gasteiger partial charge in [-0.15, -0.1) is 0 Å². The van der Waals surface area contributed by atoms with Crippen LogP contribution < -0.4 is 24.3 Å². The highest BCUT2D eigenvalue weighted by molar-refractivity contribution is 6.02. The average Bonchev–Trinajstić information content (AvgIpc) is 2.67. The van der Waals surface area contributed by atoms with E-state index < -0.39 is 0 Å². The number of fused-ring (bicyclic) bond motifs is 1. The third-order valence-electron chi connectivity index (χ3n) is 3.72. The molecule has 1 aliphatic rings. The first-order valence-corrected chi connectivity index (χ1v) is 8.39. The van der Waals surface area contributed by atoms with Crippen LogP contribution in [0.5, 0.6) is 23.0 Å². The quantitative estimate of drug-likeness (QED) is 0.803. The lowest BCUT2D eigenvalue weighted by Crippen LogP contribution is -2.16. The van der Waals surface area contributed by atoms with Crippen LogP contribution >= 0.6 is 0 Å². The summed E-state index contributed by atoms with van der Waals surface area (Å²) in [5.74, 6) is 2.38. The maximum atomic E-state index is 12.2. The molecule has 136 valence electrons. The number of carbonyl (C=O) groups is 1. The second kappa shape index (κ2) is 8.29. The molecule has 2 aromatic rings. The summed E-state index contributed by atoms with van der Waals surface area (Å²) in [6.45, 7) is 3.51. The Labute approximate surface area is 152 Å². The molecule has 6 heteroatoms. The highest BCUT2D eigenvalue weighted by Crippen LogP contribution is 2.32. The monoisotopic (exact) mass is 355 g/mol. The van der Waals surface area contributed by atoms with Gasteiger partial charge in [-0.05, 0) is 42.8 Å². The standard InChI is InChI=1S/C20H21NO5/c1-3-24-16-7-4-14(12-18(16)23-2)5-9-20(22)21-15-6-8-17-19(13-15)26-11-10-25-17/h4-9,12-13H,3,10-11H2,1-2H3,(H,21,22)/b9-5+. The number of nitrogens with one attached hydrogen (secondary N) is 1. The van der Waals surface area contributed by atoms with Gasteiger partial charge >= 0.3 is 0 Å². The van der Waals surface area contributed by atoms with Crippen LogP contribution in [0.2, 0.25) is 0 Å². The van der Waals surface area contributed by atoms with E-state index >= 15 is 0 Å². The topological polar surface area (TPSA) is 66.0 Å². The van der Waals surface area contributed by atoms with Crippen LogP contribution in [0.25, 0.3) is 6.08 Å². The van der Waals surface area contributed by atoms with Crippen LogP contribution in [0, 0.1) is 0 Å². The largest absolute Gasteiger partial charge is 0.493 e. The highest BCUT2D eigenvalue weighted by Gasteiger charge is 2.12. The van der Waals surface area contributed by atoms with Crippen molar-refractivity contribution >= 4 is 17.7 Å². The Hall–Kier alpha value is -3.15. The van der Waals surface area contributed by atoms with Crippen molar-refractivity contribution in [2.75, 3.05) is 32.2 Å². The van der Waals surface area contributed by atoms with E-state index in [1.54, 1.807) is 31.4 Å². The second-order valence-corrected chi connectivity index (χ2v) is 5.52. The number of hydrogen-bond acceptors (Lipinski definition) is 5. The smallest absolute Gasteiger partial charge is 0.248 e. The van der Waals surface area contributed by atoms with Gasteiger partial charge in [0.05, 0.1) is 13.7 Å². The molecule has 6 nitrogen and oxygen atoms in total. The van der Waals surface area contributed by atoms with E-state index in [9.17, 15) is 4.79 Å². The third-order valence-corrected chi connectivity index (χ3v) is 3.72. The number of amides is 1. The maximum absolute atomic E-state index is 12.2. The van der Waals surface area contributed by atoms with Gasteiger partial charge in [0.2, 0.25) is 5.91 Å².